The Morgan fingerprint density at radius 2 is 1.90 bits per heavy atom. The van der Waals surface area contributed by atoms with Crippen LogP contribution in [0.15, 0.2) is 30.3 Å². The summed E-state index contributed by atoms with van der Waals surface area (Å²) in [5.41, 5.74) is 4.49. The van der Waals surface area contributed by atoms with E-state index in [2.05, 4.69) is 10.1 Å². The number of pyridine rings is 1. The normalized spacial score (nSPS) is 10.9. The zero-order valence-electron chi connectivity index (χ0n) is 11.7. The van der Waals surface area contributed by atoms with Gasteiger partial charge in [-0.3, -0.25) is 4.79 Å². The van der Waals surface area contributed by atoms with Crippen molar-refractivity contribution in [2.75, 3.05) is 0 Å². The van der Waals surface area contributed by atoms with Gasteiger partial charge in [-0.1, -0.05) is 18.2 Å². The van der Waals surface area contributed by atoms with Gasteiger partial charge in [0.1, 0.15) is 0 Å². The van der Waals surface area contributed by atoms with Crippen LogP contribution >= 0.6 is 0 Å². The Bertz CT molecular complexity index is 818. The molecule has 0 bridgehead atoms. The molecule has 3 aromatic rings. The van der Waals surface area contributed by atoms with Crippen molar-refractivity contribution in [3.05, 3.63) is 52.8 Å². The number of carbonyl (C=O) groups is 1. The first-order valence-corrected chi connectivity index (χ1v) is 6.50. The zero-order chi connectivity index (χ0) is 14.3. The number of para-hydroxylation sites is 1. The molecule has 0 unspecified atom stereocenters. The summed E-state index contributed by atoms with van der Waals surface area (Å²) in [5, 5.41) is 5.45. The monoisotopic (exact) mass is 265 g/mol. The Hall–Kier alpha value is -2.49. The minimum Gasteiger partial charge on any atom is -0.298 e. The van der Waals surface area contributed by atoms with E-state index in [-0.39, 0.29) is 0 Å². The molecule has 20 heavy (non-hydrogen) atoms. The summed E-state index contributed by atoms with van der Waals surface area (Å²) in [5.74, 6) is 0.590. The van der Waals surface area contributed by atoms with Crippen LogP contribution in [0.5, 0.6) is 0 Å². The van der Waals surface area contributed by atoms with Crippen molar-refractivity contribution in [1.82, 2.24) is 14.8 Å². The molecule has 3 rings (SSSR count). The van der Waals surface area contributed by atoms with Crippen LogP contribution in [0.1, 0.15) is 27.3 Å². The molecule has 2 aromatic heterocycles. The molecule has 0 saturated heterocycles. The van der Waals surface area contributed by atoms with E-state index in [4.69, 9.17) is 0 Å². The summed E-state index contributed by atoms with van der Waals surface area (Å²) in [4.78, 5) is 16.0. The second-order valence-electron chi connectivity index (χ2n) is 4.92. The lowest BCUT2D eigenvalue weighted by Gasteiger charge is -2.08. The molecule has 2 heterocycles. The quantitative estimate of drug-likeness (QED) is 0.669. The molecule has 0 aliphatic heterocycles. The number of carbonyl (C=O) groups excluding carboxylic acids is 1. The molecule has 0 atom stereocenters. The molecule has 100 valence electrons. The van der Waals surface area contributed by atoms with Crippen molar-refractivity contribution < 1.29 is 4.79 Å². The van der Waals surface area contributed by atoms with Crippen LogP contribution in [0.2, 0.25) is 0 Å². The number of fused-ring (bicyclic) bond motifs is 1. The average Bonchev–Trinajstić information content (AvgIpc) is 2.73. The molecule has 0 aliphatic rings. The Balaban J connectivity index is 2.34. The van der Waals surface area contributed by atoms with Crippen molar-refractivity contribution in [2.45, 2.75) is 20.8 Å². The lowest BCUT2D eigenvalue weighted by Crippen LogP contribution is -2.06. The largest absolute Gasteiger partial charge is 0.298 e. The Morgan fingerprint density at radius 3 is 2.55 bits per heavy atom. The fraction of sp³-hybridized carbons (Fsp3) is 0.188. The first-order chi connectivity index (χ1) is 9.61. The molecule has 0 spiro atoms. The second-order valence-corrected chi connectivity index (χ2v) is 4.92. The van der Waals surface area contributed by atoms with Crippen LogP contribution in [0.25, 0.3) is 16.7 Å². The summed E-state index contributed by atoms with van der Waals surface area (Å²) in [6.45, 7) is 5.97. The first-order valence-electron chi connectivity index (χ1n) is 6.50. The SMILES string of the molecule is Cc1nn(-c2nc3ccccc3cc2C=O)c(C)c1C. The van der Waals surface area contributed by atoms with Crippen LogP contribution in [0, 0.1) is 20.8 Å². The van der Waals surface area contributed by atoms with Crippen molar-refractivity contribution in [3.8, 4) is 5.82 Å². The van der Waals surface area contributed by atoms with E-state index in [0.717, 1.165) is 34.1 Å². The maximum absolute atomic E-state index is 11.4. The lowest BCUT2D eigenvalue weighted by molar-refractivity contribution is 0.112. The topological polar surface area (TPSA) is 47.8 Å². The third-order valence-corrected chi connectivity index (χ3v) is 3.71. The average molecular weight is 265 g/mol. The second kappa shape index (κ2) is 4.56. The number of benzene rings is 1. The molecule has 0 fully saturated rings. The maximum atomic E-state index is 11.4. The molecular formula is C16H15N3O. The minimum absolute atomic E-state index is 0.550. The Labute approximate surface area is 117 Å². The van der Waals surface area contributed by atoms with Gasteiger partial charge in [0.25, 0.3) is 0 Å². The van der Waals surface area contributed by atoms with E-state index in [1.807, 2.05) is 51.1 Å². The van der Waals surface area contributed by atoms with Crippen LogP contribution in [0.4, 0.5) is 0 Å². The van der Waals surface area contributed by atoms with Gasteiger partial charge in [0, 0.05) is 11.1 Å². The molecule has 0 aliphatic carbocycles. The summed E-state index contributed by atoms with van der Waals surface area (Å²) in [7, 11) is 0. The molecule has 4 nitrogen and oxygen atoms in total. The number of nitrogens with zero attached hydrogens (tertiary/aromatic N) is 3. The Kier molecular flexibility index (Phi) is 2.86. The third kappa shape index (κ3) is 1.81. The summed E-state index contributed by atoms with van der Waals surface area (Å²) in [6, 6.07) is 9.62. The van der Waals surface area contributed by atoms with E-state index in [1.165, 1.54) is 0 Å². The van der Waals surface area contributed by atoms with Crippen LogP contribution in [-0.4, -0.2) is 21.1 Å². The minimum atomic E-state index is 0.550. The summed E-state index contributed by atoms with van der Waals surface area (Å²) >= 11 is 0. The third-order valence-electron chi connectivity index (χ3n) is 3.71. The van der Waals surface area contributed by atoms with Gasteiger partial charge < -0.3 is 0 Å². The van der Waals surface area contributed by atoms with E-state index < -0.39 is 0 Å². The predicted octanol–water partition coefficient (Wildman–Crippen LogP) is 3.16. The van der Waals surface area contributed by atoms with Crippen LogP contribution < -0.4 is 0 Å². The van der Waals surface area contributed by atoms with Gasteiger partial charge in [0.15, 0.2) is 12.1 Å². The van der Waals surface area contributed by atoms with Gasteiger partial charge in [-0.25, -0.2) is 9.67 Å². The van der Waals surface area contributed by atoms with Gasteiger partial charge in [0.2, 0.25) is 0 Å². The zero-order valence-corrected chi connectivity index (χ0v) is 11.7. The van der Waals surface area contributed by atoms with Crippen molar-refractivity contribution in [1.29, 1.82) is 0 Å². The van der Waals surface area contributed by atoms with E-state index in [9.17, 15) is 4.79 Å². The van der Waals surface area contributed by atoms with E-state index in [1.54, 1.807) is 4.68 Å². The number of hydrogen-bond donors (Lipinski definition) is 0. The highest BCUT2D eigenvalue weighted by molar-refractivity contribution is 5.89. The number of rotatable bonds is 2. The number of aryl methyl sites for hydroxylation is 1. The van der Waals surface area contributed by atoms with Crippen LogP contribution in [-0.2, 0) is 0 Å². The number of hydrogen-bond acceptors (Lipinski definition) is 3. The van der Waals surface area contributed by atoms with Crippen molar-refractivity contribution in [3.63, 3.8) is 0 Å². The summed E-state index contributed by atoms with van der Waals surface area (Å²) in [6.07, 6.45) is 0.834. The smallest absolute Gasteiger partial charge is 0.164 e. The molecule has 0 N–H and O–H groups in total. The molecule has 1 aromatic carbocycles. The fourth-order valence-corrected chi connectivity index (χ4v) is 2.31. The number of aldehydes is 1. The Morgan fingerprint density at radius 1 is 1.15 bits per heavy atom. The first kappa shape index (κ1) is 12.5. The highest BCUT2D eigenvalue weighted by Gasteiger charge is 2.14. The van der Waals surface area contributed by atoms with Crippen LogP contribution in [0.3, 0.4) is 0 Å². The van der Waals surface area contributed by atoms with Crippen molar-refractivity contribution >= 4 is 17.2 Å². The van der Waals surface area contributed by atoms with Gasteiger partial charge in [0.05, 0.1) is 16.8 Å². The maximum Gasteiger partial charge on any atom is 0.164 e. The molecular weight excluding hydrogens is 250 g/mol. The van der Waals surface area contributed by atoms with E-state index in [0.29, 0.717) is 11.4 Å². The highest BCUT2D eigenvalue weighted by atomic mass is 16.1. The molecule has 0 amide bonds. The van der Waals surface area contributed by atoms with Gasteiger partial charge in [-0.15, -0.1) is 0 Å². The van der Waals surface area contributed by atoms with Gasteiger partial charge in [-0.2, -0.15) is 5.10 Å². The predicted molar refractivity (Wildman–Crippen MR) is 78.5 cm³/mol. The summed E-state index contributed by atoms with van der Waals surface area (Å²) < 4.78 is 1.75. The molecule has 0 radical (unpaired) electrons. The van der Waals surface area contributed by atoms with Gasteiger partial charge in [-0.05, 0) is 38.5 Å². The van der Waals surface area contributed by atoms with Gasteiger partial charge >= 0.3 is 0 Å². The highest BCUT2D eigenvalue weighted by Crippen LogP contribution is 2.21. The van der Waals surface area contributed by atoms with E-state index >= 15 is 0 Å². The molecule has 0 saturated carbocycles. The van der Waals surface area contributed by atoms with Crippen molar-refractivity contribution in [2.24, 2.45) is 0 Å². The number of aromatic nitrogens is 3. The fourth-order valence-electron chi connectivity index (χ4n) is 2.31. The lowest BCUT2D eigenvalue weighted by atomic mass is 10.1. The molecule has 4 heteroatoms. The standard InChI is InChI=1S/C16H15N3O/c1-10-11(2)18-19(12(10)3)16-14(9-20)8-13-6-4-5-7-15(13)17-16/h4-9H,1-3H3.